The zero-order valence-corrected chi connectivity index (χ0v) is 10.8. The summed E-state index contributed by atoms with van der Waals surface area (Å²) in [6, 6.07) is 11.6. The minimum Gasteiger partial charge on any atom is -0.203 e. The third-order valence-corrected chi connectivity index (χ3v) is 4.55. The molecular weight excluding hydrogens is 210 g/mol. The van der Waals surface area contributed by atoms with Gasteiger partial charge >= 0.3 is 0 Å². The second-order valence-electron chi connectivity index (χ2n) is 5.93. The maximum Gasteiger partial charge on any atom is 0.131 e. The normalized spacial score (nSPS) is 35.5. The quantitative estimate of drug-likeness (QED) is 0.676. The lowest BCUT2D eigenvalue weighted by Gasteiger charge is -2.38. The number of likely N-dealkylation sites (N-methyl/N-ethyl adjacent to an activating group) is 1. The minimum atomic E-state index is 0.645. The first-order valence-electron chi connectivity index (χ1n) is 6.71. The van der Waals surface area contributed by atoms with Crippen molar-refractivity contribution in [2.45, 2.75) is 31.2 Å². The van der Waals surface area contributed by atoms with Gasteiger partial charge in [-0.1, -0.05) is 36.8 Å². The molecular formula is C15H22NO+. The van der Waals surface area contributed by atoms with Gasteiger partial charge in [-0.2, -0.15) is 4.65 Å². The molecule has 0 aromatic heterocycles. The number of nitrogens with zero attached hydrogens (tertiary/aromatic N) is 1. The maximum absolute atomic E-state index is 5.98. The Balaban J connectivity index is 1.93. The lowest BCUT2D eigenvalue weighted by atomic mass is 9.74. The van der Waals surface area contributed by atoms with Crippen molar-refractivity contribution in [1.82, 2.24) is 0 Å². The molecule has 1 saturated heterocycles. The van der Waals surface area contributed by atoms with Crippen molar-refractivity contribution < 1.29 is 9.48 Å². The first kappa shape index (κ1) is 11.2. The van der Waals surface area contributed by atoms with E-state index in [9.17, 15) is 0 Å². The van der Waals surface area contributed by atoms with E-state index in [-0.39, 0.29) is 0 Å². The van der Waals surface area contributed by atoms with Gasteiger partial charge in [0.2, 0.25) is 0 Å². The third-order valence-electron chi connectivity index (χ3n) is 4.55. The first-order valence-corrected chi connectivity index (χ1v) is 6.71. The molecule has 1 aromatic rings. The molecule has 1 aliphatic carbocycles. The predicted molar refractivity (Wildman–Crippen MR) is 68.4 cm³/mol. The summed E-state index contributed by atoms with van der Waals surface area (Å²) in [5.74, 6) is 1.43. The van der Waals surface area contributed by atoms with Crippen LogP contribution in [0.15, 0.2) is 30.3 Å². The average molecular weight is 232 g/mol. The average Bonchev–Trinajstić information content (AvgIpc) is 2.67. The number of quaternary nitrogens is 1. The van der Waals surface area contributed by atoms with Gasteiger partial charge in [0, 0.05) is 11.8 Å². The molecule has 0 bridgehead atoms. The fourth-order valence-electron chi connectivity index (χ4n) is 3.83. The maximum atomic E-state index is 5.98. The van der Waals surface area contributed by atoms with Crippen molar-refractivity contribution in [3.05, 3.63) is 35.9 Å². The Morgan fingerprint density at radius 1 is 1.12 bits per heavy atom. The van der Waals surface area contributed by atoms with Gasteiger partial charge in [0.25, 0.3) is 0 Å². The van der Waals surface area contributed by atoms with Crippen molar-refractivity contribution in [2.75, 3.05) is 20.7 Å². The Morgan fingerprint density at radius 2 is 1.88 bits per heavy atom. The fraction of sp³-hybridized carbons (Fsp3) is 0.600. The molecule has 0 N–H and O–H groups in total. The van der Waals surface area contributed by atoms with Crippen LogP contribution in [0.3, 0.4) is 0 Å². The number of benzene rings is 1. The molecule has 2 fully saturated rings. The summed E-state index contributed by atoms with van der Waals surface area (Å²) in [5, 5.41) is 0. The molecule has 17 heavy (non-hydrogen) atoms. The lowest BCUT2D eigenvalue weighted by Crippen LogP contribution is -2.49. The molecule has 0 amide bonds. The number of rotatable bonds is 1. The van der Waals surface area contributed by atoms with E-state index in [0.29, 0.717) is 12.0 Å². The van der Waals surface area contributed by atoms with Gasteiger partial charge in [-0.25, -0.2) is 4.84 Å². The topological polar surface area (TPSA) is 9.23 Å². The molecule has 3 atom stereocenters. The minimum absolute atomic E-state index is 0.645. The van der Waals surface area contributed by atoms with Gasteiger partial charge in [0.05, 0.1) is 14.1 Å². The SMILES string of the molecule is C[N+]1(C)OCC2CCCC(c3ccccc3)C21. The van der Waals surface area contributed by atoms with Crippen LogP contribution in [0.2, 0.25) is 0 Å². The van der Waals surface area contributed by atoms with E-state index in [1.54, 1.807) is 0 Å². The van der Waals surface area contributed by atoms with E-state index in [2.05, 4.69) is 44.4 Å². The second-order valence-corrected chi connectivity index (χ2v) is 5.93. The Labute approximate surface area is 104 Å². The number of hydroxylamine groups is 3. The fourth-order valence-corrected chi connectivity index (χ4v) is 3.83. The molecule has 0 spiro atoms. The summed E-state index contributed by atoms with van der Waals surface area (Å²) in [6.45, 7) is 0.945. The van der Waals surface area contributed by atoms with Crippen molar-refractivity contribution in [1.29, 1.82) is 0 Å². The second kappa shape index (κ2) is 4.11. The highest BCUT2D eigenvalue weighted by Crippen LogP contribution is 2.45. The van der Waals surface area contributed by atoms with Crippen molar-refractivity contribution in [3.8, 4) is 0 Å². The van der Waals surface area contributed by atoms with Crippen LogP contribution in [0.1, 0.15) is 30.7 Å². The van der Waals surface area contributed by atoms with Crippen LogP contribution in [-0.2, 0) is 4.84 Å². The molecule has 92 valence electrons. The molecule has 1 saturated carbocycles. The Morgan fingerprint density at radius 3 is 2.65 bits per heavy atom. The Hall–Kier alpha value is -0.860. The van der Waals surface area contributed by atoms with E-state index in [1.165, 1.54) is 24.8 Å². The molecule has 3 rings (SSSR count). The Bertz CT molecular complexity index is 387. The summed E-state index contributed by atoms with van der Waals surface area (Å²) in [5.41, 5.74) is 1.50. The van der Waals surface area contributed by atoms with Crippen LogP contribution in [0.4, 0.5) is 0 Å². The monoisotopic (exact) mass is 232 g/mol. The smallest absolute Gasteiger partial charge is 0.131 e. The lowest BCUT2D eigenvalue weighted by molar-refractivity contribution is -1.08. The molecule has 0 radical (unpaired) electrons. The Kier molecular flexibility index (Phi) is 2.72. The molecule has 1 heterocycles. The highest BCUT2D eigenvalue weighted by Gasteiger charge is 2.51. The highest BCUT2D eigenvalue weighted by molar-refractivity contribution is 5.22. The van der Waals surface area contributed by atoms with Gasteiger partial charge in [0.15, 0.2) is 0 Å². The summed E-state index contributed by atoms with van der Waals surface area (Å²) in [6.07, 6.45) is 4.01. The van der Waals surface area contributed by atoms with Crippen molar-refractivity contribution in [2.24, 2.45) is 5.92 Å². The van der Waals surface area contributed by atoms with E-state index in [1.807, 2.05) is 0 Å². The molecule has 2 nitrogen and oxygen atoms in total. The summed E-state index contributed by atoms with van der Waals surface area (Å²) >= 11 is 0. The summed E-state index contributed by atoms with van der Waals surface area (Å²) in [4.78, 5) is 5.98. The zero-order chi connectivity index (χ0) is 11.9. The van der Waals surface area contributed by atoms with Crippen LogP contribution in [-0.4, -0.2) is 31.4 Å². The van der Waals surface area contributed by atoms with Crippen molar-refractivity contribution >= 4 is 0 Å². The van der Waals surface area contributed by atoms with Crippen LogP contribution in [0.25, 0.3) is 0 Å². The van der Waals surface area contributed by atoms with E-state index >= 15 is 0 Å². The van der Waals surface area contributed by atoms with Crippen molar-refractivity contribution in [3.63, 3.8) is 0 Å². The van der Waals surface area contributed by atoms with Crippen LogP contribution in [0.5, 0.6) is 0 Å². The number of hydrogen-bond acceptors (Lipinski definition) is 1. The van der Waals surface area contributed by atoms with Gasteiger partial charge in [-0.05, 0) is 18.4 Å². The van der Waals surface area contributed by atoms with E-state index in [0.717, 1.165) is 17.2 Å². The van der Waals surface area contributed by atoms with Crippen LogP contribution in [0, 0.1) is 5.92 Å². The van der Waals surface area contributed by atoms with Gasteiger partial charge in [-0.15, -0.1) is 0 Å². The molecule has 1 aliphatic heterocycles. The van der Waals surface area contributed by atoms with E-state index < -0.39 is 0 Å². The van der Waals surface area contributed by atoms with E-state index in [4.69, 9.17) is 4.84 Å². The summed E-state index contributed by atoms with van der Waals surface area (Å²) < 4.78 is 0.740. The van der Waals surface area contributed by atoms with Crippen LogP contribution >= 0.6 is 0 Å². The molecule has 3 unspecified atom stereocenters. The van der Waals surface area contributed by atoms with Gasteiger partial charge in [0.1, 0.15) is 12.6 Å². The predicted octanol–water partition coefficient (Wildman–Crippen LogP) is 2.96. The van der Waals surface area contributed by atoms with Crippen LogP contribution < -0.4 is 0 Å². The number of fused-ring (bicyclic) bond motifs is 1. The van der Waals surface area contributed by atoms with Gasteiger partial charge < -0.3 is 0 Å². The molecule has 1 aromatic carbocycles. The largest absolute Gasteiger partial charge is 0.203 e. The highest BCUT2D eigenvalue weighted by atomic mass is 16.7. The molecule has 2 aliphatic rings. The summed E-state index contributed by atoms with van der Waals surface area (Å²) in [7, 11) is 4.43. The standard InChI is InChI=1S/C15H22NO/c1-16(2)15-13(11-17-16)9-6-10-14(15)12-7-4-3-5-8-12/h3-5,7-8,13-15H,6,9-11H2,1-2H3/q+1. The third kappa shape index (κ3) is 1.90. The first-order chi connectivity index (χ1) is 8.18. The number of hydrogen-bond donors (Lipinski definition) is 0. The zero-order valence-electron chi connectivity index (χ0n) is 10.8. The molecule has 2 heteroatoms. The van der Waals surface area contributed by atoms with Gasteiger partial charge in [-0.3, -0.25) is 0 Å².